The number of halogens is 1. The Morgan fingerprint density at radius 2 is 1.82 bits per heavy atom. The van der Waals surface area contributed by atoms with Gasteiger partial charge < -0.3 is 20.7 Å². The minimum atomic E-state index is -1.05. The lowest BCUT2D eigenvalue weighted by Gasteiger charge is -2.12. The van der Waals surface area contributed by atoms with Crippen molar-refractivity contribution < 1.29 is 14.7 Å². The number of nitrogens with zero attached hydrogens (tertiary/aromatic N) is 7. The van der Waals surface area contributed by atoms with Gasteiger partial charge in [-0.2, -0.15) is 4.80 Å². The molecule has 1 aliphatic rings. The number of carboxylic acid groups (broad SMARTS) is 1. The van der Waals surface area contributed by atoms with Gasteiger partial charge in [0.25, 0.3) is 0 Å². The first-order valence-corrected chi connectivity index (χ1v) is 12.8. The summed E-state index contributed by atoms with van der Waals surface area (Å²) < 4.78 is 2.02. The van der Waals surface area contributed by atoms with Crippen molar-refractivity contribution in [2.75, 3.05) is 0 Å². The normalized spacial score (nSPS) is 13.4. The summed E-state index contributed by atoms with van der Waals surface area (Å²) in [6.45, 7) is 2.18. The number of hydrogen-bond donors (Lipinski definition) is 3. The Labute approximate surface area is 233 Å². The minimum Gasteiger partial charge on any atom is -0.476 e. The molecule has 0 spiro atoms. The van der Waals surface area contributed by atoms with E-state index in [2.05, 4.69) is 30.7 Å². The van der Waals surface area contributed by atoms with Crippen LogP contribution in [0, 0.1) is 6.92 Å². The van der Waals surface area contributed by atoms with Gasteiger partial charge in [-0.3, -0.25) is 9.78 Å². The van der Waals surface area contributed by atoms with Crippen molar-refractivity contribution in [3.05, 3.63) is 82.9 Å². The molecule has 0 aliphatic heterocycles. The van der Waals surface area contributed by atoms with Gasteiger partial charge in [-0.15, -0.1) is 10.2 Å². The van der Waals surface area contributed by atoms with Crippen LogP contribution in [-0.4, -0.2) is 57.3 Å². The zero-order valence-electron chi connectivity index (χ0n) is 21.7. The molecule has 2 aromatic carbocycles. The summed E-state index contributed by atoms with van der Waals surface area (Å²) >= 11 is 6.72. The largest absolute Gasteiger partial charge is 0.476 e. The van der Waals surface area contributed by atoms with Crippen molar-refractivity contribution in [2.24, 2.45) is 12.8 Å². The molecule has 1 amide bonds. The minimum absolute atomic E-state index is 0.0226. The van der Waals surface area contributed by atoms with Crippen molar-refractivity contribution >= 4 is 34.4 Å². The summed E-state index contributed by atoms with van der Waals surface area (Å²) in [5.74, 6) is -0.689. The molecular weight excluding hydrogens is 534 g/mol. The fourth-order valence-electron chi connectivity index (χ4n) is 4.03. The molecule has 1 aliphatic carbocycles. The third-order valence-corrected chi connectivity index (χ3v) is 6.80. The molecule has 40 heavy (non-hydrogen) atoms. The zero-order valence-corrected chi connectivity index (χ0v) is 22.5. The van der Waals surface area contributed by atoms with Gasteiger partial charge in [-0.05, 0) is 48.7 Å². The second kappa shape index (κ2) is 10.8. The van der Waals surface area contributed by atoms with Gasteiger partial charge in [0.05, 0.1) is 35.0 Å². The van der Waals surface area contributed by atoms with E-state index in [-0.39, 0.29) is 11.6 Å². The molecule has 12 nitrogen and oxygen atoms in total. The van der Waals surface area contributed by atoms with Crippen molar-refractivity contribution in [3.63, 3.8) is 0 Å². The predicted molar refractivity (Wildman–Crippen MR) is 148 cm³/mol. The summed E-state index contributed by atoms with van der Waals surface area (Å²) in [5.41, 5.74) is 9.49. The SMILES string of the molecule is Cc1cnc(C(=O)O)cn1.Cn1nnc(-c2c(Cl)c3ccccc3n2-c2ccc(CNC(=O)C3(N)CC3)cc2)n1. The number of hydrogen-bond acceptors (Lipinski definition) is 8. The smallest absolute Gasteiger partial charge is 0.356 e. The quantitative estimate of drug-likeness (QED) is 0.283. The molecule has 0 unspecified atom stereocenters. The number of carbonyl (C=O) groups is 2. The molecule has 5 aromatic rings. The molecule has 204 valence electrons. The highest BCUT2D eigenvalue weighted by atomic mass is 35.5. The Morgan fingerprint density at radius 1 is 1.10 bits per heavy atom. The number of nitrogens with two attached hydrogens (primary N) is 1. The lowest BCUT2D eigenvalue weighted by Crippen LogP contribution is -2.42. The number of rotatable bonds is 6. The van der Waals surface area contributed by atoms with Gasteiger partial charge in [0.2, 0.25) is 11.7 Å². The van der Waals surface area contributed by atoms with Crippen LogP contribution in [0.15, 0.2) is 60.9 Å². The van der Waals surface area contributed by atoms with E-state index in [1.807, 2.05) is 53.1 Å². The van der Waals surface area contributed by atoms with Crippen LogP contribution in [0.3, 0.4) is 0 Å². The lowest BCUT2D eigenvalue weighted by atomic mass is 10.2. The van der Waals surface area contributed by atoms with Gasteiger partial charge in [0.15, 0.2) is 5.69 Å². The maximum absolute atomic E-state index is 12.1. The van der Waals surface area contributed by atoms with E-state index in [0.717, 1.165) is 35.0 Å². The number of carboxylic acids is 1. The van der Waals surface area contributed by atoms with Gasteiger partial charge in [-0.1, -0.05) is 41.9 Å². The number of carbonyl (C=O) groups excluding carboxylic acids is 1. The Hall–Kier alpha value is -4.68. The monoisotopic (exact) mass is 559 g/mol. The standard InChI is InChI=1S/C21H20ClN7O.C6H6N2O2/c1-28-26-19(25-27-28)18-17(22)15-4-2-3-5-16(15)29(18)14-8-6-13(7-9-14)12-24-20(30)21(23)10-11-21;1-4-2-8-5(3-7-4)6(9)10/h2-9H,10-12,23H2,1H3,(H,24,30);2-3H,1H3,(H,9,10). The molecule has 1 saturated carbocycles. The van der Waals surface area contributed by atoms with Crippen LogP contribution in [-0.2, 0) is 18.4 Å². The molecule has 0 bridgehead atoms. The van der Waals surface area contributed by atoms with Crippen LogP contribution in [0.4, 0.5) is 0 Å². The summed E-state index contributed by atoms with van der Waals surface area (Å²) in [6.07, 6.45) is 4.15. The van der Waals surface area contributed by atoms with E-state index >= 15 is 0 Å². The number of amides is 1. The number of tetrazole rings is 1. The second-order valence-corrected chi connectivity index (χ2v) is 9.85. The third-order valence-electron chi connectivity index (χ3n) is 6.42. The Balaban J connectivity index is 0.000000274. The summed E-state index contributed by atoms with van der Waals surface area (Å²) in [6, 6.07) is 15.8. The fraction of sp³-hybridized carbons (Fsp3) is 0.222. The van der Waals surface area contributed by atoms with Crippen LogP contribution in [0.5, 0.6) is 0 Å². The van der Waals surface area contributed by atoms with Crippen LogP contribution in [0.2, 0.25) is 5.02 Å². The van der Waals surface area contributed by atoms with E-state index < -0.39 is 11.5 Å². The number of nitrogens with one attached hydrogen (secondary N) is 1. The molecule has 0 radical (unpaired) electrons. The van der Waals surface area contributed by atoms with Crippen LogP contribution in [0.25, 0.3) is 28.1 Å². The molecule has 3 heterocycles. The number of benzene rings is 2. The van der Waals surface area contributed by atoms with Gasteiger partial charge >= 0.3 is 5.97 Å². The first kappa shape index (κ1) is 26.9. The fourth-order valence-corrected chi connectivity index (χ4v) is 4.36. The number of para-hydroxylation sites is 1. The number of aromatic nitrogens is 7. The van der Waals surface area contributed by atoms with E-state index in [4.69, 9.17) is 22.4 Å². The lowest BCUT2D eigenvalue weighted by molar-refractivity contribution is -0.123. The molecular formula is C27H26ClN9O3. The Bertz CT molecular complexity index is 1690. The zero-order chi connectivity index (χ0) is 28.4. The van der Waals surface area contributed by atoms with Gasteiger partial charge in [-0.25, -0.2) is 9.78 Å². The van der Waals surface area contributed by atoms with E-state index in [9.17, 15) is 9.59 Å². The highest BCUT2D eigenvalue weighted by Crippen LogP contribution is 2.38. The average Bonchev–Trinajstić information content (AvgIpc) is 3.45. The third kappa shape index (κ3) is 5.53. The van der Waals surface area contributed by atoms with Crippen LogP contribution in [0.1, 0.15) is 34.6 Å². The van der Waals surface area contributed by atoms with Crippen LogP contribution >= 0.6 is 11.6 Å². The van der Waals surface area contributed by atoms with Crippen LogP contribution < -0.4 is 11.1 Å². The first-order valence-electron chi connectivity index (χ1n) is 12.4. The molecule has 13 heteroatoms. The molecule has 0 saturated heterocycles. The Kier molecular flexibility index (Phi) is 7.28. The number of aryl methyl sites for hydroxylation is 2. The van der Waals surface area contributed by atoms with Gasteiger partial charge in [0.1, 0.15) is 5.69 Å². The number of aromatic carboxylic acids is 1. The van der Waals surface area contributed by atoms with Gasteiger partial charge in [0, 0.05) is 23.8 Å². The van der Waals surface area contributed by atoms with E-state index in [0.29, 0.717) is 28.8 Å². The Morgan fingerprint density at radius 3 is 2.42 bits per heavy atom. The molecule has 3 aromatic heterocycles. The molecule has 4 N–H and O–H groups in total. The predicted octanol–water partition coefficient (Wildman–Crippen LogP) is 3.07. The van der Waals surface area contributed by atoms with E-state index in [1.54, 1.807) is 14.0 Å². The second-order valence-electron chi connectivity index (χ2n) is 9.47. The maximum Gasteiger partial charge on any atom is 0.356 e. The molecule has 6 rings (SSSR count). The maximum atomic E-state index is 12.1. The summed E-state index contributed by atoms with van der Waals surface area (Å²) in [5, 5.41) is 25.2. The van der Waals surface area contributed by atoms with Crippen molar-refractivity contribution in [3.8, 4) is 17.2 Å². The van der Waals surface area contributed by atoms with Crippen molar-refractivity contribution in [1.29, 1.82) is 0 Å². The topological polar surface area (TPSA) is 167 Å². The first-order chi connectivity index (χ1) is 19.2. The summed E-state index contributed by atoms with van der Waals surface area (Å²) in [4.78, 5) is 31.1. The van der Waals surface area contributed by atoms with E-state index in [1.165, 1.54) is 17.2 Å². The van der Waals surface area contributed by atoms with Crippen molar-refractivity contribution in [2.45, 2.75) is 31.8 Å². The molecule has 1 fully saturated rings. The van der Waals surface area contributed by atoms with Crippen molar-refractivity contribution in [1.82, 2.24) is 40.1 Å². The highest BCUT2D eigenvalue weighted by molar-refractivity contribution is 6.38. The average molecular weight is 560 g/mol. The number of fused-ring (bicyclic) bond motifs is 1. The summed E-state index contributed by atoms with van der Waals surface area (Å²) in [7, 11) is 1.72. The highest BCUT2D eigenvalue weighted by Gasteiger charge is 2.45. The molecule has 0 atom stereocenters.